The van der Waals surface area contributed by atoms with Crippen LogP contribution in [0.2, 0.25) is 0 Å². The second kappa shape index (κ2) is 6.39. The summed E-state index contributed by atoms with van der Waals surface area (Å²) in [7, 11) is -3.48. The molecule has 1 amide bonds. The quantitative estimate of drug-likeness (QED) is 0.831. The second-order valence-corrected chi connectivity index (χ2v) is 9.10. The molecule has 1 aliphatic heterocycles. The highest BCUT2D eigenvalue weighted by atomic mass is 32.2. The minimum Gasteiger partial charge on any atom is -0.361 e. The molecule has 1 fully saturated rings. The molecule has 1 aromatic carbocycles. The lowest BCUT2D eigenvalue weighted by atomic mass is 9.72. The van der Waals surface area contributed by atoms with Gasteiger partial charge in [-0.3, -0.25) is 8.98 Å². The molecule has 3 atom stereocenters. The van der Waals surface area contributed by atoms with Gasteiger partial charge in [-0.05, 0) is 30.0 Å². The van der Waals surface area contributed by atoms with Crippen molar-refractivity contribution in [3.05, 3.63) is 35.5 Å². The van der Waals surface area contributed by atoms with Crippen molar-refractivity contribution < 1.29 is 17.4 Å². The molecule has 2 aromatic rings. The monoisotopic (exact) mass is 376 g/mol. The molecule has 0 radical (unpaired) electrons. The topological polar surface area (TPSA) is 79.5 Å². The van der Waals surface area contributed by atoms with Crippen molar-refractivity contribution in [3.63, 3.8) is 0 Å². The number of aromatic nitrogens is 1. The number of aromatic amines is 1. The minimum absolute atomic E-state index is 0.0113. The number of rotatable bonds is 4. The Balaban J connectivity index is 1.71. The summed E-state index contributed by atoms with van der Waals surface area (Å²) in [6, 6.07) is 6.39. The van der Waals surface area contributed by atoms with Gasteiger partial charge in [0.2, 0.25) is 5.91 Å². The maximum absolute atomic E-state index is 12.6. The summed E-state index contributed by atoms with van der Waals surface area (Å²) in [6.07, 6.45) is 5.25. The Kier molecular flexibility index (Phi) is 4.31. The fourth-order valence-electron chi connectivity index (χ4n) is 4.62. The summed E-state index contributed by atoms with van der Waals surface area (Å²) in [5.74, 6) is 0.340. The van der Waals surface area contributed by atoms with E-state index in [1.54, 1.807) is 0 Å². The van der Waals surface area contributed by atoms with Crippen LogP contribution in [0.25, 0.3) is 10.9 Å². The Morgan fingerprint density at radius 1 is 1.38 bits per heavy atom. The van der Waals surface area contributed by atoms with Gasteiger partial charge in [-0.15, -0.1) is 0 Å². The van der Waals surface area contributed by atoms with Crippen LogP contribution in [0.15, 0.2) is 24.4 Å². The van der Waals surface area contributed by atoms with E-state index < -0.39 is 10.1 Å². The van der Waals surface area contributed by atoms with E-state index >= 15 is 0 Å². The third kappa shape index (κ3) is 3.03. The van der Waals surface area contributed by atoms with E-state index in [2.05, 4.69) is 23.3 Å². The van der Waals surface area contributed by atoms with Gasteiger partial charge in [-0.1, -0.05) is 19.1 Å². The molecule has 1 aliphatic carbocycles. The van der Waals surface area contributed by atoms with Gasteiger partial charge in [0.05, 0.1) is 12.9 Å². The predicted molar refractivity (Wildman–Crippen MR) is 99.4 cm³/mol. The summed E-state index contributed by atoms with van der Waals surface area (Å²) in [5.41, 5.74) is 3.64. The van der Waals surface area contributed by atoms with Crippen LogP contribution in [0.1, 0.15) is 36.8 Å². The maximum atomic E-state index is 12.6. The lowest BCUT2D eigenvalue weighted by molar-refractivity contribution is -0.136. The van der Waals surface area contributed by atoms with E-state index in [1.165, 1.54) is 16.5 Å². The number of carbonyl (C=O) groups is 1. The number of piperidine rings is 1. The van der Waals surface area contributed by atoms with Crippen molar-refractivity contribution in [1.29, 1.82) is 0 Å². The molecule has 6 nitrogen and oxygen atoms in total. The fraction of sp³-hybridized carbons (Fsp3) is 0.526. The Morgan fingerprint density at radius 3 is 2.92 bits per heavy atom. The largest absolute Gasteiger partial charge is 0.361 e. The van der Waals surface area contributed by atoms with Crippen LogP contribution < -0.4 is 0 Å². The Labute approximate surface area is 153 Å². The number of fused-ring (bicyclic) bond motifs is 2. The lowest BCUT2D eigenvalue weighted by Gasteiger charge is -2.47. The van der Waals surface area contributed by atoms with Crippen molar-refractivity contribution in [2.45, 2.75) is 38.1 Å². The number of nitrogens with zero attached hydrogens (tertiary/aromatic N) is 1. The van der Waals surface area contributed by atoms with Crippen LogP contribution in [0.4, 0.5) is 0 Å². The summed E-state index contributed by atoms with van der Waals surface area (Å²) in [5, 5.41) is 1.27. The van der Waals surface area contributed by atoms with Gasteiger partial charge in [0.15, 0.2) is 0 Å². The number of nitrogens with one attached hydrogen (secondary N) is 1. The van der Waals surface area contributed by atoms with Gasteiger partial charge in [-0.2, -0.15) is 8.42 Å². The summed E-state index contributed by atoms with van der Waals surface area (Å²) >= 11 is 0. The first-order valence-corrected chi connectivity index (χ1v) is 10.9. The molecule has 0 spiro atoms. The number of H-pyrrole nitrogens is 1. The van der Waals surface area contributed by atoms with Crippen LogP contribution >= 0.6 is 0 Å². The van der Waals surface area contributed by atoms with Crippen molar-refractivity contribution in [2.24, 2.45) is 5.92 Å². The smallest absolute Gasteiger partial charge is 0.264 e. The van der Waals surface area contributed by atoms with Gasteiger partial charge in [0.1, 0.15) is 0 Å². The van der Waals surface area contributed by atoms with E-state index in [0.717, 1.165) is 24.6 Å². The number of hydrogen-bond acceptors (Lipinski definition) is 4. The second-order valence-electron chi connectivity index (χ2n) is 7.45. The van der Waals surface area contributed by atoms with E-state index in [0.29, 0.717) is 13.0 Å². The summed E-state index contributed by atoms with van der Waals surface area (Å²) in [4.78, 5) is 17.9. The summed E-state index contributed by atoms with van der Waals surface area (Å²) in [6.45, 7) is 2.56. The summed E-state index contributed by atoms with van der Waals surface area (Å²) < 4.78 is 27.9. The van der Waals surface area contributed by atoms with E-state index in [4.69, 9.17) is 4.18 Å². The highest BCUT2D eigenvalue weighted by Gasteiger charge is 2.42. The Bertz CT molecular complexity index is 950. The molecule has 1 N–H and O–H groups in total. The highest BCUT2D eigenvalue weighted by molar-refractivity contribution is 7.85. The third-order valence-electron chi connectivity index (χ3n) is 5.70. The SMILES string of the molecule is CCC(=O)N1CC(COS(C)(=O)=O)CC2c3cccc4[nH]cc(c34)C[C@H]21. The first-order chi connectivity index (χ1) is 12.4. The fourth-order valence-corrected chi connectivity index (χ4v) is 5.06. The van der Waals surface area contributed by atoms with Gasteiger partial charge in [0.25, 0.3) is 10.1 Å². The molecule has 0 bridgehead atoms. The van der Waals surface area contributed by atoms with Crippen LogP contribution in [-0.2, 0) is 25.5 Å². The first kappa shape index (κ1) is 17.5. The Hall–Kier alpha value is -1.86. The minimum atomic E-state index is -3.48. The number of amides is 1. The molecule has 2 unspecified atom stereocenters. The van der Waals surface area contributed by atoms with Crippen molar-refractivity contribution in [1.82, 2.24) is 9.88 Å². The average Bonchev–Trinajstić information content (AvgIpc) is 3.03. The normalized spacial score (nSPS) is 25.3. The lowest BCUT2D eigenvalue weighted by Crippen LogP contribution is -2.53. The number of benzene rings is 1. The van der Waals surface area contributed by atoms with Crippen molar-refractivity contribution in [2.75, 3.05) is 19.4 Å². The first-order valence-electron chi connectivity index (χ1n) is 9.10. The number of likely N-dealkylation sites (tertiary alicyclic amines) is 1. The molecule has 1 saturated heterocycles. The molecule has 4 rings (SSSR count). The van der Waals surface area contributed by atoms with Crippen LogP contribution in [-0.4, -0.2) is 49.7 Å². The van der Waals surface area contributed by atoms with Crippen LogP contribution in [0.5, 0.6) is 0 Å². The van der Waals surface area contributed by atoms with Crippen LogP contribution in [0.3, 0.4) is 0 Å². The van der Waals surface area contributed by atoms with E-state index in [9.17, 15) is 13.2 Å². The van der Waals surface area contributed by atoms with E-state index in [-0.39, 0.29) is 30.4 Å². The zero-order valence-corrected chi connectivity index (χ0v) is 15.9. The number of hydrogen-bond donors (Lipinski definition) is 1. The third-order valence-corrected chi connectivity index (χ3v) is 6.26. The molecule has 2 aliphatic rings. The van der Waals surface area contributed by atoms with Crippen LogP contribution in [0, 0.1) is 5.92 Å². The average molecular weight is 376 g/mol. The molecule has 0 saturated carbocycles. The zero-order valence-electron chi connectivity index (χ0n) is 15.1. The highest BCUT2D eigenvalue weighted by Crippen LogP contribution is 2.45. The van der Waals surface area contributed by atoms with Gasteiger partial charge < -0.3 is 9.88 Å². The van der Waals surface area contributed by atoms with E-state index in [1.807, 2.05) is 17.9 Å². The Morgan fingerprint density at radius 2 is 2.19 bits per heavy atom. The van der Waals surface area contributed by atoms with Gasteiger partial charge >= 0.3 is 0 Å². The van der Waals surface area contributed by atoms with Gasteiger partial charge in [-0.25, -0.2) is 0 Å². The maximum Gasteiger partial charge on any atom is 0.264 e. The molecule has 2 heterocycles. The number of carbonyl (C=O) groups excluding carboxylic acids is 1. The molecule has 140 valence electrons. The molecule has 7 heteroatoms. The standard InChI is InChI=1S/C19H24N2O4S/c1-3-18(22)21-10-12(11-25-26(2,23)24)7-15-14-5-4-6-16-19(14)13(9-20-16)8-17(15)21/h4-6,9,12,15,17,20H,3,7-8,10-11H2,1-2H3/t12?,15?,17-/m1/s1. The predicted octanol–water partition coefficient (Wildman–Crippen LogP) is 2.41. The van der Waals surface area contributed by atoms with Crippen molar-refractivity contribution >= 4 is 26.9 Å². The molecular weight excluding hydrogens is 352 g/mol. The molecule has 1 aromatic heterocycles. The zero-order chi connectivity index (χ0) is 18.5. The molecule has 26 heavy (non-hydrogen) atoms. The molecular formula is C19H24N2O4S. The van der Waals surface area contributed by atoms with Gasteiger partial charge in [0, 0.05) is 47.9 Å². The van der Waals surface area contributed by atoms with Crippen molar-refractivity contribution in [3.8, 4) is 0 Å².